The van der Waals surface area contributed by atoms with Gasteiger partial charge in [-0.15, -0.1) is 11.3 Å². The fraction of sp³-hybridized carbons (Fsp3) is 0.379. The Kier molecular flexibility index (Phi) is 7.11. The third-order valence-corrected chi connectivity index (χ3v) is 8.25. The Labute approximate surface area is 225 Å². The van der Waals surface area contributed by atoms with Gasteiger partial charge in [-0.05, 0) is 73.2 Å². The molecule has 4 N–H and O–H groups in total. The minimum absolute atomic E-state index is 0.0393. The van der Waals surface area contributed by atoms with Crippen molar-refractivity contribution >= 4 is 17.2 Å². The normalized spacial score (nSPS) is 19.9. The lowest BCUT2D eigenvalue weighted by Crippen LogP contribution is -2.45. The van der Waals surface area contributed by atoms with Crippen LogP contribution in [0.5, 0.6) is 0 Å². The molecule has 5 rings (SSSR count). The number of benzene rings is 2. The van der Waals surface area contributed by atoms with Crippen molar-refractivity contribution in [3.05, 3.63) is 69.8 Å². The van der Waals surface area contributed by atoms with E-state index < -0.39 is 17.6 Å². The van der Waals surface area contributed by atoms with Gasteiger partial charge in [0.05, 0.1) is 16.0 Å². The summed E-state index contributed by atoms with van der Waals surface area (Å²) in [5.74, 6) is -0.712. The lowest BCUT2D eigenvalue weighted by Gasteiger charge is -2.30. The summed E-state index contributed by atoms with van der Waals surface area (Å²) in [7, 11) is 0. The van der Waals surface area contributed by atoms with E-state index in [9.17, 15) is 19.4 Å². The van der Waals surface area contributed by atoms with Gasteiger partial charge in [0.25, 0.3) is 5.91 Å². The van der Waals surface area contributed by atoms with E-state index in [-0.39, 0.29) is 17.5 Å². The highest BCUT2D eigenvalue weighted by Crippen LogP contribution is 2.43. The van der Waals surface area contributed by atoms with E-state index in [4.69, 9.17) is 11.0 Å². The molecule has 38 heavy (non-hydrogen) atoms. The largest absolute Gasteiger partial charge is 0.389 e. The van der Waals surface area contributed by atoms with Crippen LogP contribution in [-0.2, 0) is 6.54 Å². The molecule has 7 nitrogen and oxygen atoms in total. The molecule has 3 aromatic rings. The molecule has 3 heterocycles. The van der Waals surface area contributed by atoms with Crippen LogP contribution in [0.25, 0.3) is 21.6 Å². The summed E-state index contributed by atoms with van der Waals surface area (Å²) in [6.07, 6.45) is 0.926. The van der Waals surface area contributed by atoms with Crippen LogP contribution < -0.4 is 5.73 Å². The second-order valence-corrected chi connectivity index (χ2v) is 11.9. The molecule has 1 unspecified atom stereocenters. The number of nitriles is 1. The zero-order valence-corrected chi connectivity index (χ0v) is 22.3. The summed E-state index contributed by atoms with van der Waals surface area (Å²) in [5, 5.41) is 30.2. The number of piperidine rings is 1. The molecule has 2 aliphatic rings. The van der Waals surface area contributed by atoms with Crippen LogP contribution in [0.4, 0.5) is 4.39 Å². The minimum atomic E-state index is -0.960. The molecule has 2 aliphatic heterocycles. The number of nitrogens with zero attached hydrogens (tertiary/aromatic N) is 3. The molecule has 0 spiro atoms. The SMILES string of the molecule is CC(C)(O)CN1Cc2cc(-c3sc(C(=O)N4CCC[C@@H](N)C4)cc3-c3ccc(C#N)c(F)c3)ccc2C1O. The Morgan fingerprint density at radius 3 is 2.68 bits per heavy atom. The van der Waals surface area contributed by atoms with Crippen molar-refractivity contribution in [2.24, 2.45) is 5.73 Å². The number of carbonyl (C=O) groups is 1. The van der Waals surface area contributed by atoms with Gasteiger partial charge in [0, 0.05) is 42.7 Å². The molecule has 1 aromatic heterocycles. The predicted molar refractivity (Wildman–Crippen MR) is 145 cm³/mol. The second-order valence-electron chi connectivity index (χ2n) is 10.8. The molecule has 9 heteroatoms. The first kappa shape index (κ1) is 26.5. The minimum Gasteiger partial charge on any atom is -0.389 e. The topological polar surface area (TPSA) is 114 Å². The molecule has 2 atom stereocenters. The maximum absolute atomic E-state index is 14.6. The Hall–Kier alpha value is -3.13. The number of halogens is 1. The Bertz CT molecular complexity index is 1420. The van der Waals surface area contributed by atoms with Crippen molar-refractivity contribution in [3.8, 4) is 27.6 Å². The molecular formula is C29H31FN4O3S. The fourth-order valence-electron chi connectivity index (χ4n) is 5.33. The average molecular weight is 535 g/mol. The first-order chi connectivity index (χ1) is 18.0. The van der Waals surface area contributed by atoms with Crippen LogP contribution in [0, 0.1) is 17.1 Å². The summed E-state index contributed by atoms with van der Waals surface area (Å²) in [6, 6.07) is 13.8. The molecule has 0 saturated carbocycles. The smallest absolute Gasteiger partial charge is 0.264 e. The lowest BCUT2D eigenvalue weighted by atomic mass is 9.98. The van der Waals surface area contributed by atoms with Crippen LogP contribution in [-0.4, -0.2) is 57.2 Å². The maximum Gasteiger partial charge on any atom is 0.264 e. The number of likely N-dealkylation sites (tertiary alicyclic amines) is 1. The molecular weight excluding hydrogens is 503 g/mol. The van der Waals surface area contributed by atoms with Gasteiger partial charge in [0.1, 0.15) is 18.1 Å². The van der Waals surface area contributed by atoms with Gasteiger partial charge in [-0.2, -0.15) is 5.26 Å². The van der Waals surface area contributed by atoms with Gasteiger partial charge in [0.2, 0.25) is 0 Å². The Morgan fingerprint density at radius 1 is 1.24 bits per heavy atom. The first-order valence-electron chi connectivity index (χ1n) is 12.7. The number of hydrogen-bond donors (Lipinski definition) is 3. The monoisotopic (exact) mass is 534 g/mol. The molecule has 0 aliphatic carbocycles. The number of aliphatic hydroxyl groups is 2. The number of nitrogens with two attached hydrogens (primary N) is 1. The standard InChI is InChI=1S/C29H31FN4O3S/c1-29(2,37)16-34-14-20-10-18(7-8-22(20)27(34)35)26-23(17-5-6-19(13-31)24(30)11-17)12-25(38-26)28(36)33-9-3-4-21(32)15-33/h5-8,10-12,21,27,35,37H,3-4,9,14-16,32H2,1-2H3/t21-,27?/m1/s1. The highest BCUT2D eigenvalue weighted by Gasteiger charge is 2.33. The highest BCUT2D eigenvalue weighted by atomic mass is 32.1. The van der Waals surface area contributed by atoms with Crippen LogP contribution in [0.15, 0.2) is 42.5 Å². The number of aliphatic hydroxyl groups excluding tert-OH is 1. The van der Waals surface area contributed by atoms with Crippen molar-refractivity contribution in [2.75, 3.05) is 19.6 Å². The number of fused-ring (bicyclic) bond motifs is 1. The van der Waals surface area contributed by atoms with Crippen LogP contribution in [0.3, 0.4) is 0 Å². The number of carbonyl (C=O) groups excluding carboxylic acids is 1. The molecule has 198 valence electrons. The maximum atomic E-state index is 14.6. The number of β-amino-alcohol motifs (C(OH)–C–C–N with tert-alkyl or cyclic N) is 1. The van der Waals surface area contributed by atoms with Crippen LogP contribution >= 0.6 is 11.3 Å². The summed E-state index contributed by atoms with van der Waals surface area (Å²) < 4.78 is 14.6. The van der Waals surface area contributed by atoms with Gasteiger partial charge in [0.15, 0.2) is 0 Å². The average Bonchev–Trinajstić information content (AvgIpc) is 3.44. The molecule has 1 saturated heterocycles. The molecule has 2 aromatic carbocycles. The van der Waals surface area contributed by atoms with Crippen LogP contribution in [0.2, 0.25) is 0 Å². The van der Waals surface area contributed by atoms with Gasteiger partial charge in [-0.1, -0.05) is 18.2 Å². The van der Waals surface area contributed by atoms with Crippen molar-refractivity contribution < 1.29 is 19.4 Å². The van der Waals surface area contributed by atoms with Gasteiger partial charge < -0.3 is 20.8 Å². The fourth-order valence-corrected chi connectivity index (χ4v) is 6.47. The van der Waals surface area contributed by atoms with Crippen molar-refractivity contribution in [1.82, 2.24) is 9.80 Å². The lowest BCUT2D eigenvalue weighted by molar-refractivity contribution is -0.0431. The van der Waals surface area contributed by atoms with Gasteiger partial charge >= 0.3 is 0 Å². The number of amides is 1. The molecule has 1 amide bonds. The van der Waals surface area contributed by atoms with E-state index in [1.54, 1.807) is 30.9 Å². The summed E-state index contributed by atoms with van der Waals surface area (Å²) in [4.78, 5) is 18.4. The molecule has 0 bridgehead atoms. The molecule has 0 radical (unpaired) electrons. The van der Waals surface area contributed by atoms with Crippen molar-refractivity contribution in [1.29, 1.82) is 5.26 Å². The van der Waals surface area contributed by atoms with E-state index in [1.165, 1.54) is 23.5 Å². The number of hydrogen-bond acceptors (Lipinski definition) is 7. The first-order valence-corrected chi connectivity index (χ1v) is 13.5. The summed E-state index contributed by atoms with van der Waals surface area (Å²) in [6.45, 7) is 5.34. The quantitative estimate of drug-likeness (QED) is 0.451. The van der Waals surface area contributed by atoms with Crippen molar-refractivity contribution in [3.63, 3.8) is 0 Å². The van der Waals surface area contributed by atoms with Gasteiger partial charge in [-0.25, -0.2) is 4.39 Å². The van der Waals surface area contributed by atoms with Crippen LogP contribution in [0.1, 0.15) is 59.3 Å². The zero-order chi connectivity index (χ0) is 27.2. The Balaban J connectivity index is 1.56. The zero-order valence-electron chi connectivity index (χ0n) is 21.4. The third kappa shape index (κ3) is 5.23. The van der Waals surface area contributed by atoms with E-state index in [0.29, 0.717) is 42.2 Å². The highest BCUT2D eigenvalue weighted by molar-refractivity contribution is 7.18. The summed E-state index contributed by atoms with van der Waals surface area (Å²) in [5.41, 5.74) is 8.95. The number of rotatable bonds is 5. The summed E-state index contributed by atoms with van der Waals surface area (Å²) >= 11 is 1.35. The van der Waals surface area contributed by atoms with E-state index in [0.717, 1.165) is 34.4 Å². The van der Waals surface area contributed by atoms with E-state index in [2.05, 4.69) is 0 Å². The van der Waals surface area contributed by atoms with E-state index in [1.807, 2.05) is 29.2 Å². The predicted octanol–water partition coefficient (Wildman–Crippen LogP) is 4.23. The van der Waals surface area contributed by atoms with Crippen molar-refractivity contribution in [2.45, 2.75) is 51.1 Å². The second kappa shape index (κ2) is 10.2. The Morgan fingerprint density at radius 2 is 2.00 bits per heavy atom. The third-order valence-electron chi connectivity index (χ3n) is 7.08. The molecule has 1 fully saturated rings. The van der Waals surface area contributed by atoms with E-state index >= 15 is 0 Å². The van der Waals surface area contributed by atoms with Gasteiger partial charge in [-0.3, -0.25) is 9.69 Å². The number of thiophene rings is 1.